The van der Waals surface area contributed by atoms with Gasteiger partial charge >= 0.3 is 0 Å². The summed E-state index contributed by atoms with van der Waals surface area (Å²) in [5.74, 6) is 0.561. The zero-order valence-electron chi connectivity index (χ0n) is 6.17. The summed E-state index contributed by atoms with van der Waals surface area (Å²) in [5, 5.41) is 8.59. The molecule has 0 saturated heterocycles. The van der Waals surface area contributed by atoms with E-state index in [0.717, 1.165) is 5.03 Å². The van der Waals surface area contributed by atoms with Crippen molar-refractivity contribution < 1.29 is 4.74 Å². The van der Waals surface area contributed by atoms with Crippen LogP contribution in [0.3, 0.4) is 0 Å². The first-order valence-corrected chi connectivity index (χ1v) is 4.49. The van der Waals surface area contributed by atoms with Crippen LogP contribution >= 0.6 is 23.4 Å². The Kier molecular flexibility index (Phi) is 2.96. The van der Waals surface area contributed by atoms with Crippen LogP contribution in [0.2, 0.25) is 5.15 Å². The molecule has 11 heavy (non-hydrogen) atoms. The number of halogens is 1. The van der Waals surface area contributed by atoms with Gasteiger partial charge in [0.2, 0.25) is 0 Å². The van der Waals surface area contributed by atoms with Crippen LogP contribution in [0.4, 0.5) is 0 Å². The highest BCUT2D eigenvalue weighted by Crippen LogP contribution is 2.23. The lowest BCUT2D eigenvalue weighted by atomic mass is 10.5. The fourth-order valence-electron chi connectivity index (χ4n) is 0.586. The second kappa shape index (κ2) is 3.78. The Labute approximate surface area is 74.1 Å². The molecule has 1 rings (SSSR count). The Morgan fingerprint density at radius 1 is 1.55 bits per heavy atom. The summed E-state index contributed by atoms with van der Waals surface area (Å²) in [4.78, 5) is 0. The number of hydrogen-bond donors (Lipinski definition) is 0. The second-order valence-corrected chi connectivity index (χ2v) is 2.93. The van der Waals surface area contributed by atoms with Crippen molar-refractivity contribution in [3.05, 3.63) is 11.2 Å². The first-order valence-electron chi connectivity index (χ1n) is 2.89. The average Bonchev–Trinajstić information content (AvgIpc) is 2.05. The Morgan fingerprint density at radius 3 is 2.82 bits per heavy atom. The van der Waals surface area contributed by atoms with Gasteiger partial charge in [0, 0.05) is 6.07 Å². The summed E-state index contributed by atoms with van der Waals surface area (Å²) in [7, 11) is 1.55. The minimum Gasteiger partial charge on any atom is -0.493 e. The molecule has 0 unspecified atom stereocenters. The highest BCUT2D eigenvalue weighted by molar-refractivity contribution is 7.98. The monoisotopic (exact) mass is 190 g/mol. The van der Waals surface area contributed by atoms with Crippen molar-refractivity contribution in [2.45, 2.75) is 5.03 Å². The number of hydrogen-bond acceptors (Lipinski definition) is 4. The lowest BCUT2D eigenvalue weighted by Crippen LogP contribution is -1.90. The Morgan fingerprint density at radius 2 is 2.27 bits per heavy atom. The van der Waals surface area contributed by atoms with Crippen molar-refractivity contribution in [3.8, 4) is 5.75 Å². The van der Waals surface area contributed by atoms with Gasteiger partial charge in [-0.1, -0.05) is 11.6 Å². The quantitative estimate of drug-likeness (QED) is 0.667. The molecule has 0 aliphatic rings. The molecule has 0 spiro atoms. The van der Waals surface area contributed by atoms with Gasteiger partial charge in [-0.3, -0.25) is 0 Å². The van der Waals surface area contributed by atoms with Crippen molar-refractivity contribution in [1.29, 1.82) is 0 Å². The van der Waals surface area contributed by atoms with Crippen molar-refractivity contribution in [3.63, 3.8) is 0 Å². The lowest BCUT2D eigenvalue weighted by molar-refractivity contribution is 0.410. The van der Waals surface area contributed by atoms with Gasteiger partial charge in [-0.2, -0.15) is 0 Å². The van der Waals surface area contributed by atoms with E-state index >= 15 is 0 Å². The number of methoxy groups -OCH3 is 1. The fraction of sp³-hybridized carbons (Fsp3) is 0.333. The molecule has 1 aromatic heterocycles. The summed E-state index contributed by atoms with van der Waals surface area (Å²) >= 11 is 7.14. The molecule has 5 heteroatoms. The maximum Gasteiger partial charge on any atom is 0.193 e. The first-order chi connectivity index (χ1) is 5.27. The number of aromatic nitrogens is 2. The first kappa shape index (κ1) is 8.62. The van der Waals surface area contributed by atoms with Gasteiger partial charge in [-0.25, -0.2) is 0 Å². The van der Waals surface area contributed by atoms with Crippen molar-refractivity contribution in [2.24, 2.45) is 0 Å². The molecule has 0 aliphatic carbocycles. The van der Waals surface area contributed by atoms with Gasteiger partial charge in [0.1, 0.15) is 5.03 Å². The molecular weight excluding hydrogens is 184 g/mol. The molecule has 1 heterocycles. The van der Waals surface area contributed by atoms with Gasteiger partial charge in [-0.15, -0.1) is 22.0 Å². The van der Waals surface area contributed by atoms with Crippen molar-refractivity contribution in [2.75, 3.05) is 13.4 Å². The molecule has 0 radical (unpaired) electrons. The zero-order chi connectivity index (χ0) is 8.27. The highest BCUT2D eigenvalue weighted by atomic mass is 35.5. The second-order valence-electron chi connectivity index (χ2n) is 1.75. The summed E-state index contributed by atoms with van der Waals surface area (Å²) in [6, 6.07) is 1.75. The number of ether oxygens (including phenoxy) is 1. The van der Waals surface area contributed by atoms with Gasteiger partial charge in [0.25, 0.3) is 0 Å². The molecule has 0 N–H and O–H groups in total. The van der Waals surface area contributed by atoms with Gasteiger partial charge < -0.3 is 4.74 Å². The summed E-state index contributed by atoms with van der Waals surface area (Å²) in [6.07, 6.45) is 1.91. The van der Waals surface area contributed by atoms with Crippen LogP contribution in [0.5, 0.6) is 5.75 Å². The maximum atomic E-state index is 5.65. The standard InChI is InChI=1S/C6H7ClN2OS/c1-10-4-3-5(11-2)8-9-6(4)7/h3H,1-2H3. The van der Waals surface area contributed by atoms with Crippen LogP contribution in [-0.4, -0.2) is 23.6 Å². The molecule has 0 aliphatic heterocycles. The largest absolute Gasteiger partial charge is 0.493 e. The third kappa shape index (κ3) is 1.97. The molecule has 0 aromatic carbocycles. The van der Waals surface area contributed by atoms with E-state index in [2.05, 4.69) is 10.2 Å². The van der Waals surface area contributed by atoms with Crippen LogP contribution in [0.15, 0.2) is 11.1 Å². The molecule has 3 nitrogen and oxygen atoms in total. The summed E-state index contributed by atoms with van der Waals surface area (Å²) < 4.78 is 4.94. The third-order valence-electron chi connectivity index (χ3n) is 1.12. The van der Waals surface area contributed by atoms with E-state index in [1.165, 1.54) is 11.8 Å². The third-order valence-corrected chi connectivity index (χ3v) is 2.00. The molecule has 0 fully saturated rings. The Bertz CT molecular complexity index is 256. The van der Waals surface area contributed by atoms with Crippen molar-refractivity contribution in [1.82, 2.24) is 10.2 Å². The molecule has 60 valence electrons. The van der Waals surface area contributed by atoms with Gasteiger partial charge in [0.15, 0.2) is 10.9 Å². The molecular formula is C6H7ClN2OS. The predicted octanol–water partition coefficient (Wildman–Crippen LogP) is 1.86. The van der Waals surface area contributed by atoms with E-state index in [1.54, 1.807) is 13.2 Å². The van der Waals surface area contributed by atoms with Crippen LogP contribution in [-0.2, 0) is 0 Å². The topological polar surface area (TPSA) is 35.0 Å². The normalized spacial score (nSPS) is 9.73. The van der Waals surface area contributed by atoms with E-state index in [4.69, 9.17) is 16.3 Å². The van der Waals surface area contributed by atoms with E-state index in [9.17, 15) is 0 Å². The minimum absolute atomic E-state index is 0.297. The zero-order valence-corrected chi connectivity index (χ0v) is 7.74. The number of thioether (sulfide) groups is 1. The summed E-state index contributed by atoms with van der Waals surface area (Å²) in [5.41, 5.74) is 0. The SMILES string of the molecule is COc1cc(SC)nnc1Cl. The minimum atomic E-state index is 0.297. The Balaban J connectivity index is 3.02. The lowest BCUT2D eigenvalue weighted by Gasteiger charge is -2.01. The molecule has 1 aromatic rings. The van der Waals surface area contributed by atoms with Crippen molar-refractivity contribution >= 4 is 23.4 Å². The predicted molar refractivity (Wildman–Crippen MR) is 45.4 cm³/mol. The van der Waals surface area contributed by atoms with E-state index in [1.807, 2.05) is 6.26 Å². The van der Waals surface area contributed by atoms with Crippen LogP contribution in [0, 0.1) is 0 Å². The van der Waals surface area contributed by atoms with Crippen LogP contribution < -0.4 is 4.74 Å². The van der Waals surface area contributed by atoms with Gasteiger partial charge in [-0.05, 0) is 6.26 Å². The molecule has 0 atom stereocenters. The average molecular weight is 191 g/mol. The van der Waals surface area contributed by atoms with E-state index in [-0.39, 0.29) is 0 Å². The molecule has 0 bridgehead atoms. The van der Waals surface area contributed by atoms with Crippen LogP contribution in [0.25, 0.3) is 0 Å². The summed E-state index contributed by atoms with van der Waals surface area (Å²) in [6.45, 7) is 0. The number of rotatable bonds is 2. The fourth-order valence-corrected chi connectivity index (χ4v) is 1.10. The molecule has 0 saturated carbocycles. The smallest absolute Gasteiger partial charge is 0.193 e. The molecule has 0 amide bonds. The Hall–Kier alpha value is -0.480. The van der Waals surface area contributed by atoms with Crippen LogP contribution in [0.1, 0.15) is 0 Å². The number of nitrogens with zero attached hydrogens (tertiary/aromatic N) is 2. The van der Waals surface area contributed by atoms with E-state index in [0.29, 0.717) is 10.9 Å². The highest BCUT2D eigenvalue weighted by Gasteiger charge is 2.03. The van der Waals surface area contributed by atoms with E-state index < -0.39 is 0 Å². The van der Waals surface area contributed by atoms with Gasteiger partial charge in [0.05, 0.1) is 7.11 Å². The maximum absolute atomic E-state index is 5.65.